The van der Waals surface area contributed by atoms with Crippen LogP contribution in [0.4, 0.5) is 0 Å². The lowest BCUT2D eigenvalue weighted by Gasteiger charge is -2.26. The van der Waals surface area contributed by atoms with Gasteiger partial charge in [0.25, 0.3) is 5.91 Å². The van der Waals surface area contributed by atoms with Crippen molar-refractivity contribution in [1.82, 2.24) is 20.0 Å². The van der Waals surface area contributed by atoms with Crippen LogP contribution in [0.5, 0.6) is 0 Å². The molecule has 1 N–H and O–H groups in total. The molecular weight excluding hydrogens is 324 g/mol. The monoisotopic (exact) mass is 344 g/mol. The van der Waals surface area contributed by atoms with Gasteiger partial charge in [0.05, 0.1) is 23.4 Å². The third-order valence-electron chi connectivity index (χ3n) is 3.40. The normalized spacial score (nSPS) is 16.4. The molecule has 1 aromatic heterocycles. The number of nitrogens with zero attached hydrogens (tertiary/aromatic N) is 3. The zero-order valence-corrected chi connectivity index (χ0v) is 13.6. The molecule has 20 heavy (non-hydrogen) atoms. The Kier molecular flexibility index (Phi) is 5.56. The van der Waals surface area contributed by atoms with Gasteiger partial charge in [-0.2, -0.15) is 5.10 Å². The molecule has 0 aromatic carbocycles. The van der Waals surface area contributed by atoms with Crippen LogP contribution in [0.1, 0.15) is 22.6 Å². The number of carbonyl (C=O) groups excluding carboxylic acids is 1. The van der Waals surface area contributed by atoms with Crippen molar-refractivity contribution < 1.29 is 9.53 Å². The third-order valence-corrected chi connectivity index (χ3v) is 4.35. The molecule has 0 bridgehead atoms. The molecule has 1 aliphatic rings. The first kappa shape index (κ1) is 15.5. The Morgan fingerprint density at radius 2 is 2.15 bits per heavy atom. The molecular formula is C13H21BrN4O2. The number of hydrogen-bond acceptors (Lipinski definition) is 4. The van der Waals surface area contributed by atoms with E-state index in [4.69, 9.17) is 4.74 Å². The highest BCUT2D eigenvalue weighted by molar-refractivity contribution is 9.10. The SMILES string of the molecule is Cc1nn(C)c(C(=O)NCCCN2CCOCC2)c1Br. The highest BCUT2D eigenvalue weighted by atomic mass is 79.9. The molecule has 7 heteroatoms. The van der Waals surface area contributed by atoms with E-state index in [1.807, 2.05) is 6.92 Å². The second-order valence-corrected chi connectivity index (χ2v) is 5.73. The molecule has 2 heterocycles. The predicted molar refractivity (Wildman–Crippen MR) is 79.9 cm³/mol. The van der Waals surface area contributed by atoms with Crippen molar-refractivity contribution in [3.8, 4) is 0 Å². The first-order valence-corrected chi connectivity index (χ1v) is 7.66. The lowest BCUT2D eigenvalue weighted by Crippen LogP contribution is -2.38. The average Bonchev–Trinajstić information content (AvgIpc) is 2.69. The molecule has 0 aliphatic carbocycles. The number of aryl methyl sites for hydroxylation is 2. The minimum absolute atomic E-state index is 0.0815. The standard InChI is InChI=1S/C13H21BrN4O2/c1-10-11(14)12(17(2)16-10)13(19)15-4-3-5-18-6-8-20-9-7-18/h3-9H2,1-2H3,(H,15,19). The highest BCUT2D eigenvalue weighted by Gasteiger charge is 2.17. The van der Waals surface area contributed by atoms with E-state index < -0.39 is 0 Å². The first-order valence-electron chi connectivity index (χ1n) is 6.87. The van der Waals surface area contributed by atoms with Gasteiger partial charge in [0.2, 0.25) is 0 Å². The van der Waals surface area contributed by atoms with Crippen molar-refractivity contribution in [2.24, 2.45) is 7.05 Å². The molecule has 0 atom stereocenters. The van der Waals surface area contributed by atoms with E-state index in [1.165, 1.54) is 0 Å². The molecule has 1 fully saturated rings. The van der Waals surface area contributed by atoms with Gasteiger partial charge in [0.1, 0.15) is 5.69 Å². The van der Waals surface area contributed by atoms with Crippen LogP contribution < -0.4 is 5.32 Å². The maximum atomic E-state index is 12.1. The minimum Gasteiger partial charge on any atom is -0.379 e. The second kappa shape index (κ2) is 7.19. The van der Waals surface area contributed by atoms with E-state index in [9.17, 15) is 4.79 Å². The number of aromatic nitrogens is 2. The zero-order chi connectivity index (χ0) is 14.5. The molecule has 1 amide bonds. The van der Waals surface area contributed by atoms with Crippen LogP contribution in [0.15, 0.2) is 4.47 Å². The Labute approximate surface area is 127 Å². The predicted octanol–water partition coefficient (Wildman–Crippen LogP) is 0.943. The number of nitrogens with one attached hydrogen (secondary N) is 1. The van der Waals surface area contributed by atoms with Gasteiger partial charge in [-0.1, -0.05) is 0 Å². The van der Waals surface area contributed by atoms with E-state index in [0.717, 1.165) is 49.4 Å². The van der Waals surface area contributed by atoms with Crippen LogP contribution in [0.2, 0.25) is 0 Å². The number of rotatable bonds is 5. The molecule has 0 radical (unpaired) electrons. The van der Waals surface area contributed by atoms with Gasteiger partial charge in [-0.05, 0) is 35.8 Å². The van der Waals surface area contributed by atoms with Gasteiger partial charge < -0.3 is 10.1 Å². The van der Waals surface area contributed by atoms with E-state index in [-0.39, 0.29) is 5.91 Å². The molecule has 6 nitrogen and oxygen atoms in total. The Morgan fingerprint density at radius 3 is 2.75 bits per heavy atom. The summed E-state index contributed by atoms with van der Waals surface area (Å²) in [5.74, 6) is -0.0815. The number of ether oxygens (including phenoxy) is 1. The third kappa shape index (κ3) is 3.80. The lowest BCUT2D eigenvalue weighted by molar-refractivity contribution is 0.0374. The molecule has 1 saturated heterocycles. The number of morpholine rings is 1. The van der Waals surface area contributed by atoms with Crippen molar-refractivity contribution in [2.45, 2.75) is 13.3 Å². The fraction of sp³-hybridized carbons (Fsp3) is 0.692. The van der Waals surface area contributed by atoms with Crippen molar-refractivity contribution >= 4 is 21.8 Å². The van der Waals surface area contributed by atoms with E-state index in [0.29, 0.717) is 12.2 Å². The summed E-state index contributed by atoms with van der Waals surface area (Å²) in [5.41, 5.74) is 1.40. The summed E-state index contributed by atoms with van der Waals surface area (Å²) in [6.45, 7) is 7.14. The quantitative estimate of drug-likeness (QED) is 0.807. The molecule has 1 aromatic rings. The summed E-state index contributed by atoms with van der Waals surface area (Å²) in [4.78, 5) is 14.5. The Morgan fingerprint density at radius 1 is 1.45 bits per heavy atom. The number of halogens is 1. The number of carbonyl (C=O) groups is 1. The summed E-state index contributed by atoms with van der Waals surface area (Å²) >= 11 is 3.41. The maximum absolute atomic E-state index is 12.1. The molecule has 1 aliphatic heterocycles. The van der Waals surface area contributed by atoms with E-state index in [2.05, 4.69) is 31.2 Å². The van der Waals surface area contributed by atoms with Gasteiger partial charge in [0.15, 0.2) is 0 Å². The molecule has 2 rings (SSSR count). The first-order chi connectivity index (χ1) is 9.59. The van der Waals surface area contributed by atoms with Crippen LogP contribution in [-0.2, 0) is 11.8 Å². The molecule has 0 spiro atoms. The Balaban J connectivity index is 1.74. The van der Waals surface area contributed by atoms with Crippen LogP contribution in [0.25, 0.3) is 0 Å². The average molecular weight is 345 g/mol. The lowest BCUT2D eigenvalue weighted by atomic mass is 10.3. The Hall–Kier alpha value is -0.920. The van der Waals surface area contributed by atoms with Crippen LogP contribution in [-0.4, -0.2) is 60.0 Å². The van der Waals surface area contributed by atoms with Crippen molar-refractivity contribution in [3.63, 3.8) is 0 Å². The Bertz CT molecular complexity index is 469. The maximum Gasteiger partial charge on any atom is 0.270 e. The number of amides is 1. The van der Waals surface area contributed by atoms with Crippen LogP contribution >= 0.6 is 15.9 Å². The summed E-state index contributed by atoms with van der Waals surface area (Å²) < 4.78 is 7.68. The summed E-state index contributed by atoms with van der Waals surface area (Å²) in [6, 6.07) is 0. The van der Waals surface area contributed by atoms with Crippen LogP contribution in [0, 0.1) is 6.92 Å². The van der Waals surface area contributed by atoms with Gasteiger partial charge in [-0.3, -0.25) is 14.4 Å². The van der Waals surface area contributed by atoms with Gasteiger partial charge >= 0.3 is 0 Å². The van der Waals surface area contributed by atoms with Crippen molar-refractivity contribution in [1.29, 1.82) is 0 Å². The summed E-state index contributed by atoms with van der Waals surface area (Å²) in [7, 11) is 1.78. The van der Waals surface area contributed by atoms with Crippen molar-refractivity contribution in [2.75, 3.05) is 39.4 Å². The van der Waals surface area contributed by atoms with Crippen LogP contribution in [0.3, 0.4) is 0 Å². The van der Waals surface area contributed by atoms with Crippen molar-refractivity contribution in [3.05, 3.63) is 15.9 Å². The molecule has 112 valence electrons. The van der Waals surface area contributed by atoms with E-state index in [1.54, 1.807) is 11.7 Å². The fourth-order valence-electron chi connectivity index (χ4n) is 2.29. The minimum atomic E-state index is -0.0815. The smallest absolute Gasteiger partial charge is 0.270 e. The molecule has 0 saturated carbocycles. The van der Waals surface area contributed by atoms with Gasteiger partial charge in [0, 0.05) is 26.7 Å². The number of hydrogen-bond donors (Lipinski definition) is 1. The van der Waals surface area contributed by atoms with E-state index >= 15 is 0 Å². The van der Waals surface area contributed by atoms with Gasteiger partial charge in [-0.15, -0.1) is 0 Å². The fourth-order valence-corrected chi connectivity index (χ4v) is 2.81. The second-order valence-electron chi connectivity index (χ2n) is 4.94. The summed E-state index contributed by atoms with van der Waals surface area (Å²) in [5, 5.41) is 7.17. The zero-order valence-electron chi connectivity index (χ0n) is 12.0. The van der Waals surface area contributed by atoms with Gasteiger partial charge in [-0.25, -0.2) is 0 Å². The largest absolute Gasteiger partial charge is 0.379 e. The highest BCUT2D eigenvalue weighted by Crippen LogP contribution is 2.19. The topological polar surface area (TPSA) is 59.4 Å². The summed E-state index contributed by atoms with van der Waals surface area (Å²) in [6.07, 6.45) is 0.945. The molecule has 0 unspecified atom stereocenters.